The summed E-state index contributed by atoms with van der Waals surface area (Å²) in [6, 6.07) is 8.30. The first kappa shape index (κ1) is 79.5. The summed E-state index contributed by atoms with van der Waals surface area (Å²) in [6.07, 6.45) is -10.7. The number of aromatic nitrogens is 8. The molecule has 4 unspecified atom stereocenters. The minimum atomic E-state index is -4.29. The number of methoxy groups -OCH3 is 1. The molecule has 4 saturated heterocycles. The van der Waals surface area contributed by atoms with Gasteiger partial charge in [-0.05, 0) is 81.7 Å². The summed E-state index contributed by atoms with van der Waals surface area (Å²) in [5, 5.41) is 14.0. The van der Waals surface area contributed by atoms with E-state index in [2.05, 4.69) is 39.8 Å². The molecular weight excluding hydrogens is 1460 g/mol. The number of aliphatic hydroxyl groups excluding tert-OH is 1. The number of amides is 1. The van der Waals surface area contributed by atoms with Crippen LogP contribution < -0.4 is 44.8 Å². The number of hydrogen-bond donors (Lipinski definition) is 5. The van der Waals surface area contributed by atoms with Crippen molar-refractivity contribution in [2.24, 2.45) is 0 Å². The van der Waals surface area contributed by atoms with Crippen LogP contribution in [0.4, 0.5) is 5.82 Å². The fourth-order valence-corrected chi connectivity index (χ4v) is 17.4. The SMILES string of the molecule is [C-]#[N+]CCOP(=S)(OC[C@H]1O[C@@H](n2cc(C)c(=O)[nH]c2=O)C[C@H]1OP(=S)(OCC[N+]#[C-])OC[C@H]1O[C@@H](n2cc(C)c(=O)[nH]c2=O)C[C@H]1OP(=S)(OCC[N+]#[C-])OC[C@H]1O[C@@H](n2cc(C)c(NC(=O)c3ccccc3)nc2=O)C[C@H]1O)O[C@@H]1C(OCCOC)[C@H](n2cc(C)c(=O)[nH]c2=O)O[C@@H]1CC. The molecule has 0 radical (unpaired) electrons. The Morgan fingerprint density at radius 2 is 1.02 bits per heavy atom. The maximum absolute atomic E-state index is 13.6. The smallest absolute Gasteiger partial charge is 0.351 e. The van der Waals surface area contributed by atoms with E-state index in [4.69, 9.17) is 124 Å². The van der Waals surface area contributed by atoms with Gasteiger partial charge in [0.1, 0.15) is 74.8 Å². The Morgan fingerprint density at radius 3 is 1.50 bits per heavy atom. The zero-order valence-electron chi connectivity index (χ0n) is 55.8. The maximum Gasteiger partial charge on any atom is 0.351 e. The number of benzene rings is 1. The van der Waals surface area contributed by atoms with Crippen molar-refractivity contribution in [2.45, 2.75) is 140 Å². The molecule has 16 atom stereocenters. The minimum absolute atomic E-state index is 0.00893. The molecule has 42 heteroatoms. The first-order chi connectivity index (χ1) is 48.7. The molecule has 5 N–H and O–H groups in total. The number of aromatic amines is 3. The number of nitrogens with one attached hydrogen (secondary N) is 4. The number of hydrogen-bond acceptors (Lipinski definition) is 28. The van der Waals surface area contributed by atoms with Crippen LogP contribution in [0, 0.1) is 47.4 Å². The van der Waals surface area contributed by atoms with Gasteiger partial charge < -0.3 is 89.6 Å². The molecule has 4 aromatic heterocycles. The summed E-state index contributed by atoms with van der Waals surface area (Å²) in [6.45, 7) is 14.5. The molecule has 0 bridgehead atoms. The Labute approximate surface area is 596 Å². The highest BCUT2D eigenvalue weighted by Gasteiger charge is 2.51. The number of H-pyrrole nitrogens is 3. The molecule has 1 aromatic carbocycles. The first-order valence-corrected chi connectivity index (χ1v) is 39.4. The molecule has 9 rings (SSSR count). The first-order valence-electron chi connectivity index (χ1n) is 31.8. The molecule has 8 heterocycles. The monoisotopic (exact) mass is 1540 g/mol. The van der Waals surface area contributed by atoms with E-state index in [0.29, 0.717) is 11.1 Å². The van der Waals surface area contributed by atoms with Crippen molar-refractivity contribution in [1.82, 2.24) is 38.2 Å². The molecule has 102 heavy (non-hydrogen) atoms. The van der Waals surface area contributed by atoms with Gasteiger partial charge in [-0.3, -0.25) is 56.9 Å². The second kappa shape index (κ2) is 35.9. The fraction of sp³-hybridized carbons (Fsp3) is 0.567. The van der Waals surface area contributed by atoms with Gasteiger partial charge in [0.15, 0.2) is 6.23 Å². The number of carbonyl (C=O) groups is 1. The average Bonchev–Trinajstić information content (AvgIpc) is 1.63. The second-order valence-electron chi connectivity index (χ2n) is 23.4. The van der Waals surface area contributed by atoms with Gasteiger partial charge in [-0.1, -0.05) is 25.1 Å². The summed E-state index contributed by atoms with van der Waals surface area (Å²) in [4.78, 5) is 126. The topological polar surface area (TPSA) is 400 Å². The predicted octanol–water partition coefficient (Wildman–Crippen LogP) is 3.63. The Balaban J connectivity index is 0.986. The summed E-state index contributed by atoms with van der Waals surface area (Å²) >= 11 is 18.3. The summed E-state index contributed by atoms with van der Waals surface area (Å²) in [5.41, 5.74) is -4.16. The van der Waals surface area contributed by atoms with Crippen molar-refractivity contribution in [3.05, 3.63) is 190 Å². The van der Waals surface area contributed by atoms with Gasteiger partial charge in [-0.25, -0.2) is 38.9 Å². The molecule has 0 spiro atoms. The summed E-state index contributed by atoms with van der Waals surface area (Å²) in [5.74, 6) is -0.487. The van der Waals surface area contributed by atoms with Crippen molar-refractivity contribution >= 4 is 67.3 Å². The fourth-order valence-electron chi connectivity index (χ4n) is 11.0. The second-order valence-corrected chi connectivity index (χ2v) is 32.3. The quantitative estimate of drug-likeness (QED) is 0.0220. The third-order valence-electron chi connectivity index (χ3n) is 16.2. The molecule has 552 valence electrons. The van der Waals surface area contributed by atoms with Crippen LogP contribution in [0.25, 0.3) is 14.5 Å². The molecule has 4 fully saturated rings. The van der Waals surface area contributed by atoms with Crippen LogP contribution in [0.1, 0.15) is 90.1 Å². The molecule has 5 aromatic rings. The molecule has 36 nitrogen and oxygen atoms in total. The molecule has 4 aliphatic heterocycles. The number of nitrogens with zero attached hydrogens (tertiary/aromatic N) is 8. The van der Waals surface area contributed by atoms with Crippen molar-refractivity contribution in [3.8, 4) is 0 Å². The van der Waals surface area contributed by atoms with Crippen LogP contribution in [-0.2, 0) is 105 Å². The van der Waals surface area contributed by atoms with E-state index in [0.717, 1.165) is 18.3 Å². The normalized spacial score (nSPS) is 25.8. The van der Waals surface area contributed by atoms with Gasteiger partial charge >= 0.3 is 42.9 Å². The number of aliphatic hydroxyl groups is 1. The van der Waals surface area contributed by atoms with Crippen molar-refractivity contribution in [1.29, 1.82) is 0 Å². The third kappa shape index (κ3) is 20.1. The molecule has 1 amide bonds. The van der Waals surface area contributed by atoms with Crippen LogP contribution in [0.3, 0.4) is 0 Å². The number of anilines is 1. The lowest BCUT2D eigenvalue weighted by atomic mass is 10.1. The van der Waals surface area contributed by atoms with Crippen LogP contribution in [0.5, 0.6) is 0 Å². The van der Waals surface area contributed by atoms with Crippen molar-refractivity contribution in [2.75, 3.05) is 84.9 Å². The van der Waals surface area contributed by atoms with E-state index in [1.807, 2.05) is 0 Å². The third-order valence-corrected chi connectivity index (χ3v) is 23.3. The van der Waals surface area contributed by atoms with Gasteiger partial charge in [-0.15, -0.1) is 0 Å². The van der Waals surface area contributed by atoms with E-state index < -0.39 is 165 Å². The zero-order chi connectivity index (χ0) is 73.6. The summed E-state index contributed by atoms with van der Waals surface area (Å²) in [7, 11) is 1.45. The van der Waals surface area contributed by atoms with E-state index in [-0.39, 0.29) is 101 Å². The summed E-state index contributed by atoms with van der Waals surface area (Å²) < 4.78 is 99.1. The molecule has 4 aliphatic rings. The van der Waals surface area contributed by atoms with Gasteiger partial charge in [0.05, 0.1) is 57.5 Å². The molecule has 0 saturated carbocycles. The number of carbonyl (C=O) groups excluding carboxylic acids is 1. The van der Waals surface area contributed by atoms with Crippen molar-refractivity contribution in [3.63, 3.8) is 0 Å². The lowest BCUT2D eigenvalue weighted by Gasteiger charge is -2.32. The zero-order valence-corrected chi connectivity index (χ0v) is 60.9. The van der Waals surface area contributed by atoms with E-state index in [1.54, 1.807) is 44.2 Å². The number of ether oxygens (including phenoxy) is 6. The Bertz CT molecular complexity index is 4540. The Hall–Kier alpha value is -6.61. The van der Waals surface area contributed by atoms with Gasteiger partial charge in [0.2, 0.25) is 19.6 Å². The largest absolute Gasteiger partial charge is 0.390 e. The Kier molecular flexibility index (Phi) is 28.0. The standard InChI is InChI=1S/C60H75N12O24P3S3/c1-10-40-49(50(83-23-22-82-9)56(93-40)72-30-37(5)54(76)68-60(72)81)96-99(102,86-21-18-63-8)89-33-45-42(26-48(92-45)71-29-36(4)53(75)67-59(71)80)95-98(101,85-20-17-62-7)88-32-44-41(25-47(91-44)70-28-35(3)52(74)66-58(70)79)94-97(100,84-19-16-61-6)87-31-43-39(73)24-46(90-43)69-27-34(2)51(65-57(69)78)64-55(77)38-14-12-11-13-15-38/h11-15,27-30,39-50,56,73H,10,16-26,31-33H2,1-5,9H3,(H,66,74,79)(H,67,75,80)(H,68,76,81)(H,64,65,77,78)/t39-,40-,41-,42-,43-,44-,45-,46-,47-,48-,49+,50?,56-,97?,98?,99?/m1/s1. The highest BCUT2D eigenvalue weighted by Crippen LogP contribution is 2.58. The predicted molar refractivity (Wildman–Crippen MR) is 371 cm³/mol. The van der Waals surface area contributed by atoms with E-state index >= 15 is 0 Å². The van der Waals surface area contributed by atoms with Gasteiger partial charge in [0.25, 0.3) is 22.6 Å². The van der Waals surface area contributed by atoms with Crippen LogP contribution in [0.15, 0.2) is 88.7 Å². The van der Waals surface area contributed by atoms with Crippen LogP contribution in [0.2, 0.25) is 0 Å². The maximum atomic E-state index is 13.6. The molecular formula is C60H75N12O24P3S3. The molecule has 0 aliphatic carbocycles. The number of aryl methyl sites for hydroxylation is 4. The Morgan fingerprint density at radius 1 is 0.578 bits per heavy atom. The van der Waals surface area contributed by atoms with Gasteiger partial charge in [-0.2, -0.15) is 4.98 Å². The lowest BCUT2D eigenvalue weighted by molar-refractivity contribution is -0.0801. The van der Waals surface area contributed by atoms with E-state index in [1.165, 1.54) is 52.7 Å². The van der Waals surface area contributed by atoms with Crippen LogP contribution in [-0.4, -0.2) is 184 Å². The van der Waals surface area contributed by atoms with Crippen LogP contribution >= 0.6 is 20.2 Å². The highest BCUT2D eigenvalue weighted by atomic mass is 32.5. The minimum Gasteiger partial charge on any atom is -0.390 e. The lowest BCUT2D eigenvalue weighted by Crippen LogP contribution is -2.41. The highest BCUT2D eigenvalue weighted by molar-refractivity contribution is 8.08. The van der Waals surface area contributed by atoms with Gasteiger partial charge in [0, 0.05) is 79.0 Å². The number of rotatable bonds is 35. The van der Waals surface area contributed by atoms with E-state index in [9.17, 15) is 43.5 Å². The average molecular weight is 1540 g/mol. The van der Waals surface area contributed by atoms with Crippen molar-refractivity contribution < 1.29 is 79.0 Å².